The van der Waals surface area contributed by atoms with Crippen molar-refractivity contribution in [2.45, 2.75) is 32.9 Å². The molecular weight excluding hydrogens is 476 g/mol. The summed E-state index contributed by atoms with van der Waals surface area (Å²) in [6.45, 7) is 6.50. The zero-order chi connectivity index (χ0) is 24.7. The largest absolute Gasteiger partial charge is 0.497 e. The second kappa shape index (κ2) is 9.36. The Morgan fingerprint density at radius 3 is 2.37 bits per heavy atom. The Morgan fingerprint density at radius 1 is 0.943 bits per heavy atom. The number of hydrogen-bond donors (Lipinski definition) is 1. The summed E-state index contributed by atoms with van der Waals surface area (Å²) in [5.74, 6) is 0.806. The maximum Gasteiger partial charge on any atom is 0.174 e. The Hall–Kier alpha value is -3.35. The first-order valence-corrected chi connectivity index (χ1v) is 12.3. The van der Waals surface area contributed by atoms with Crippen LogP contribution in [0.5, 0.6) is 5.75 Å². The van der Waals surface area contributed by atoms with Crippen molar-refractivity contribution in [2.24, 2.45) is 0 Å². The summed E-state index contributed by atoms with van der Waals surface area (Å²) in [5.41, 5.74) is 7.76. The van der Waals surface area contributed by atoms with E-state index in [9.17, 15) is 0 Å². The van der Waals surface area contributed by atoms with Crippen LogP contribution in [0.1, 0.15) is 40.3 Å². The molecule has 2 atom stereocenters. The Labute approximate surface area is 216 Å². The Balaban J connectivity index is 1.71. The number of pyridine rings is 1. The molecule has 5 rings (SSSR count). The average molecular weight is 503 g/mol. The van der Waals surface area contributed by atoms with E-state index in [2.05, 4.69) is 47.7 Å². The van der Waals surface area contributed by atoms with Gasteiger partial charge in [0.25, 0.3) is 0 Å². The maximum absolute atomic E-state index is 6.36. The normalized spacial score (nSPS) is 17.5. The molecular formula is C28H27ClN4OS. The number of nitrogens with zero attached hydrogens (tertiary/aromatic N) is 3. The number of rotatable bonds is 5. The lowest BCUT2D eigenvalue weighted by Gasteiger charge is -2.29. The molecule has 2 aromatic heterocycles. The van der Waals surface area contributed by atoms with Crippen molar-refractivity contribution in [3.63, 3.8) is 0 Å². The minimum Gasteiger partial charge on any atom is -0.497 e. The SMILES string of the molecule is COc1ccc(N2C(=S)N[C@H](c3ccccn3)[C@H]2c2c(C)c(C)n(-c3cccc(Cl)c3)c2C)cc1. The molecule has 0 amide bonds. The van der Waals surface area contributed by atoms with E-state index in [4.69, 9.17) is 33.5 Å². The van der Waals surface area contributed by atoms with Crippen LogP contribution in [0.3, 0.4) is 0 Å². The van der Waals surface area contributed by atoms with Crippen LogP contribution in [-0.2, 0) is 0 Å². The Morgan fingerprint density at radius 2 is 1.71 bits per heavy atom. The minimum absolute atomic E-state index is 0.0927. The first-order chi connectivity index (χ1) is 16.9. The second-order valence-corrected chi connectivity index (χ2v) is 9.54. The Kier molecular flexibility index (Phi) is 6.26. The van der Waals surface area contributed by atoms with E-state index < -0.39 is 0 Å². The summed E-state index contributed by atoms with van der Waals surface area (Å²) in [7, 11) is 1.67. The van der Waals surface area contributed by atoms with Crippen LogP contribution in [0.25, 0.3) is 5.69 Å². The smallest absolute Gasteiger partial charge is 0.174 e. The Bertz CT molecular complexity index is 1380. The standard InChI is InChI=1S/C28H27ClN4OS/c1-17-18(2)32(22-9-7-8-20(29)16-22)19(3)25(17)27-26(24-10-5-6-15-30-24)31-28(35)33(27)21-11-13-23(34-4)14-12-21/h5-16,26-27H,1-4H3,(H,31,35)/t26-,27-/m1/s1. The van der Waals surface area contributed by atoms with E-state index in [1.807, 2.05) is 60.8 Å². The van der Waals surface area contributed by atoms with Gasteiger partial charge in [0.05, 0.1) is 24.9 Å². The van der Waals surface area contributed by atoms with Gasteiger partial charge in [0, 0.05) is 39.5 Å². The molecule has 5 nitrogen and oxygen atoms in total. The fraction of sp³-hybridized carbons (Fsp3) is 0.214. The summed E-state index contributed by atoms with van der Waals surface area (Å²) < 4.78 is 7.66. The van der Waals surface area contributed by atoms with Gasteiger partial charge in [-0.05, 0) is 93.1 Å². The van der Waals surface area contributed by atoms with Gasteiger partial charge in [0.1, 0.15) is 5.75 Å². The van der Waals surface area contributed by atoms with Crippen LogP contribution < -0.4 is 15.0 Å². The molecule has 35 heavy (non-hydrogen) atoms. The van der Waals surface area contributed by atoms with Gasteiger partial charge in [-0.1, -0.05) is 23.7 Å². The predicted molar refractivity (Wildman–Crippen MR) is 146 cm³/mol. The molecule has 0 aliphatic carbocycles. The van der Waals surface area contributed by atoms with Gasteiger partial charge in [-0.3, -0.25) is 4.98 Å². The van der Waals surface area contributed by atoms with E-state index in [-0.39, 0.29) is 12.1 Å². The molecule has 1 fully saturated rings. The highest BCUT2D eigenvalue weighted by molar-refractivity contribution is 7.80. The lowest BCUT2D eigenvalue weighted by molar-refractivity contribution is 0.415. The summed E-state index contributed by atoms with van der Waals surface area (Å²) in [6, 6.07) is 21.8. The van der Waals surface area contributed by atoms with Gasteiger partial charge in [-0.25, -0.2) is 0 Å². The summed E-state index contributed by atoms with van der Waals surface area (Å²) in [6.07, 6.45) is 1.83. The van der Waals surface area contributed by atoms with Crippen molar-refractivity contribution < 1.29 is 4.74 Å². The number of nitrogens with one attached hydrogen (secondary N) is 1. The van der Waals surface area contributed by atoms with Crippen LogP contribution in [-0.4, -0.2) is 21.8 Å². The molecule has 4 aromatic rings. The molecule has 1 aliphatic heterocycles. The lowest BCUT2D eigenvalue weighted by Crippen LogP contribution is -2.29. The van der Waals surface area contributed by atoms with Crippen LogP contribution in [0.2, 0.25) is 5.02 Å². The van der Waals surface area contributed by atoms with Crippen molar-refractivity contribution in [1.29, 1.82) is 0 Å². The number of ether oxygens (including phenoxy) is 1. The van der Waals surface area contributed by atoms with Crippen LogP contribution in [0.4, 0.5) is 5.69 Å². The quantitative estimate of drug-likeness (QED) is 0.310. The summed E-state index contributed by atoms with van der Waals surface area (Å²) >= 11 is 12.3. The molecule has 1 saturated heterocycles. The van der Waals surface area contributed by atoms with E-state index in [1.54, 1.807) is 7.11 Å². The number of aromatic nitrogens is 2. The molecule has 0 radical (unpaired) electrons. The first-order valence-electron chi connectivity index (χ1n) is 11.5. The van der Waals surface area contributed by atoms with Crippen molar-refractivity contribution in [2.75, 3.05) is 12.0 Å². The topological polar surface area (TPSA) is 42.3 Å². The summed E-state index contributed by atoms with van der Waals surface area (Å²) in [5, 5.41) is 4.94. The molecule has 0 saturated carbocycles. The highest BCUT2D eigenvalue weighted by Crippen LogP contribution is 2.45. The lowest BCUT2D eigenvalue weighted by atomic mass is 9.93. The van der Waals surface area contributed by atoms with Gasteiger partial charge in [0.15, 0.2) is 5.11 Å². The molecule has 2 aromatic carbocycles. The van der Waals surface area contributed by atoms with Crippen LogP contribution in [0.15, 0.2) is 72.9 Å². The highest BCUT2D eigenvalue weighted by Gasteiger charge is 2.43. The van der Waals surface area contributed by atoms with Gasteiger partial charge in [-0.15, -0.1) is 0 Å². The summed E-state index contributed by atoms with van der Waals surface area (Å²) in [4.78, 5) is 6.89. The number of thiocarbonyl (C=S) groups is 1. The molecule has 178 valence electrons. The monoisotopic (exact) mass is 502 g/mol. The zero-order valence-corrected chi connectivity index (χ0v) is 21.7. The van der Waals surface area contributed by atoms with E-state index >= 15 is 0 Å². The number of hydrogen-bond acceptors (Lipinski definition) is 3. The molecule has 0 bridgehead atoms. The third-order valence-electron chi connectivity index (χ3n) is 6.82. The van der Waals surface area contributed by atoms with E-state index in [0.717, 1.165) is 28.5 Å². The van der Waals surface area contributed by atoms with Crippen LogP contribution >= 0.6 is 23.8 Å². The number of benzene rings is 2. The molecule has 0 unspecified atom stereocenters. The zero-order valence-electron chi connectivity index (χ0n) is 20.1. The highest BCUT2D eigenvalue weighted by atomic mass is 35.5. The number of anilines is 1. The molecule has 1 N–H and O–H groups in total. The molecule has 7 heteroatoms. The van der Waals surface area contributed by atoms with Crippen molar-refractivity contribution in [3.05, 3.63) is 106 Å². The van der Waals surface area contributed by atoms with Crippen molar-refractivity contribution in [1.82, 2.24) is 14.9 Å². The number of halogens is 1. The van der Waals surface area contributed by atoms with Gasteiger partial charge in [-0.2, -0.15) is 0 Å². The fourth-order valence-electron chi connectivity index (χ4n) is 5.11. The van der Waals surface area contributed by atoms with Gasteiger partial charge < -0.3 is 19.5 Å². The van der Waals surface area contributed by atoms with Crippen molar-refractivity contribution in [3.8, 4) is 11.4 Å². The third-order valence-corrected chi connectivity index (χ3v) is 7.37. The maximum atomic E-state index is 6.36. The molecule has 0 spiro atoms. The van der Waals surface area contributed by atoms with Crippen LogP contribution in [0, 0.1) is 20.8 Å². The average Bonchev–Trinajstić information content (AvgIpc) is 3.31. The number of methoxy groups -OCH3 is 1. The van der Waals surface area contributed by atoms with Crippen molar-refractivity contribution >= 4 is 34.6 Å². The predicted octanol–water partition coefficient (Wildman–Crippen LogP) is 6.64. The fourth-order valence-corrected chi connectivity index (χ4v) is 5.64. The molecule has 3 heterocycles. The van der Waals surface area contributed by atoms with Gasteiger partial charge in [0.2, 0.25) is 0 Å². The van der Waals surface area contributed by atoms with E-state index in [0.29, 0.717) is 10.1 Å². The second-order valence-electron chi connectivity index (χ2n) is 8.72. The van der Waals surface area contributed by atoms with E-state index in [1.165, 1.54) is 16.8 Å². The molecule has 1 aliphatic rings. The first kappa shape index (κ1) is 23.4. The minimum atomic E-state index is -0.113. The van der Waals surface area contributed by atoms with Gasteiger partial charge >= 0.3 is 0 Å². The third kappa shape index (κ3) is 4.07.